The summed E-state index contributed by atoms with van der Waals surface area (Å²) in [6, 6.07) is 9.70. The first-order valence-electron chi connectivity index (χ1n) is 10.2. The van der Waals surface area contributed by atoms with Crippen LogP contribution in [0.2, 0.25) is 10.0 Å². The summed E-state index contributed by atoms with van der Waals surface area (Å²) in [6.45, 7) is 0.927. The second kappa shape index (κ2) is 14.2. The Bertz CT molecular complexity index is 895. The van der Waals surface area contributed by atoms with Crippen molar-refractivity contribution in [2.75, 3.05) is 20.7 Å². The fraction of sp³-hybridized carbons (Fsp3) is 0.391. The van der Waals surface area contributed by atoms with Gasteiger partial charge in [-0.05, 0) is 50.0 Å². The summed E-state index contributed by atoms with van der Waals surface area (Å²) in [5, 5.41) is 16.6. The number of hydrogen-bond acceptors (Lipinski definition) is 5. The molecule has 0 aliphatic carbocycles. The summed E-state index contributed by atoms with van der Waals surface area (Å²) >= 11 is 12.7. The van der Waals surface area contributed by atoms with Gasteiger partial charge >= 0.3 is 5.97 Å². The van der Waals surface area contributed by atoms with Gasteiger partial charge in [0.05, 0.1) is 17.7 Å². The SMILES string of the molecule is CNCCCCCc1c(Cl)cc(C(=O)N[C@@H](Cc2ccccc2)C(=O)OC)c(O)c1Cl.Cl. The van der Waals surface area contributed by atoms with Gasteiger partial charge in [0.25, 0.3) is 5.91 Å². The maximum atomic E-state index is 12.8. The van der Waals surface area contributed by atoms with Gasteiger partial charge in [-0.25, -0.2) is 4.79 Å². The van der Waals surface area contributed by atoms with Crippen LogP contribution in [0.25, 0.3) is 0 Å². The van der Waals surface area contributed by atoms with E-state index in [1.54, 1.807) is 0 Å². The standard InChI is InChI=1S/C23H28Cl2N2O4.ClH/c1-26-12-8-4-7-11-16-18(24)14-17(21(28)20(16)25)22(29)27-19(23(30)31-2)13-15-9-5-3-6-10-15;/h3,5-6,9-10,14,19,26,28H,4,7-8,11-13H2,1-2H3,(H,27,29);1H/t19-;/m0./s1. The van der Waals surface area contributed by atoms with Crippen LogP contribution in [0.3, 0.4) is 0 Å². The molecular formula is C23H29Cl3N2O4. The molecule has 0 radical (unpaired) electrons. The van der Waals surface area contributed by atoms with E-state index in [1.165, 1.54) is 13.2 Å². The van der Waals surface area contributed by atoms with Gasteiger partial charge in [0.1, 0.15) is 11.8 Å². The van der Waals surface area contributed by atoms with Gasteiger partial charge in [0, 0.05) is 11.4 Å². The zero-order valence-electron chi connectivity index (χ0n) is 18.1. The summed E-state index contributed by atoms with van der Waals surface area (Å²) in [4.78, 5) is 25.0. The fourth-order valence-corrected chi connectivity index (χ4v) is 3.90. The third kappa shape index (κ3) is 7.85. The molecule has 0 spiro atoms. The van der Waals surface area contributed by atoms with Crippen molar-refractivity contribution in [1.29, 1.82) is 0 Å². The molecule has 0 saturated carbocycles. The molecule has 0 saturated heterocycles. The first kappa shape index (κ1) is 28.0. The minimum Gasteiger partial charge on any atom is -0.506 e. The minimum atomic E-state index is -0.927. The summed E-state index contributed by atoms with van der Waals surface area (Å²) in [5.41, 5.74) is 1.37. The predicted molar refractivity (Wildman–Crippen MR) is 130 cm³/mol. The number of hydrogen-bond donors (Lipinski definition) is 3. The second-order valence-corrected chi connectivity index (χ2v) is 7.99. The van der Waals surface area contributed by atoms with Crippen LogP contribution in [-0.2, 0) is 22.4 Å². The van der Waals surface area contributed by atoms with Crippen molar-refractivity contribution in [3.63, 3.8) is 0 Å². The molecule has 0 heterocycles. The van der Waals surface area contributed by atoms with Crippen LogP contribution in [0.1, 0.15) is 40.7 Å². The fourth-order valence-electron chi connectivity index (χ4n) is 3.25. The van der Waals surface area contributed by atoms with Crippen molar-refractivity contribution in [2.45, 2.75) is 38.1 Å². The third-order valence-corrected chi connectivity index (χ3v) is 5.70. The minimum absolute atomic E-state index is 0. The molecule has 32 heavy (non-hydrogen) atoms. The Balaban J connectivity index is 0.00000512. The van der Waals surface area contributed by atoms with Crippen molar-refractivity contribution in [3.8, 4) is 5.75 Å². The van der Waals surface area contributed by atoms with Crippen LogP contribution in [-0.4, -0.2) is 43.7 Å². The summed E-state index contributed by atoms with van der Waals surface area (Å²) < 4.78 is 4.82. The third-order valence-electron chi connectivity index (χ3n) is 4.96. The number of ether oxygens (including phenoxy) is 1. The lowest BCUT2D eigenvalue weighted by Gasteiger charge is -2.18. The molecule has 1 amide bonds. The molecule has 1 atom stereocenters. The Morgan fingerprint density at radius 1 is 1.12 bits per heavy atom. The number of aromatic hydroxyl groups is 1. The van der Waals surface area contributed by atoms with Crippen LogP contribution in [0.5, 0.6) is 5.75 Å². The van der Waals surface area contributed by atoms with Crippen molar-refractivity contribution in [1.82, 2.24) is 10.6 Å². The summed E-state index contributed by atoms with van der Waals surface area (Å²) in [5.74, 6) is -1.60. The predicted octanol–water partition coefficient (Wildman–Crippen LogP) is 4.57. The number of carbonyl (C=O) groups excluding carboxylic acids is 2. The van der Waals surface area contributed by atoms with Gasteiger partial charge in [0.2, 0.25) is 0 Å². The molecule has 2 aromatic carbocycles. The Labute approximate surface area is 205 Å². The summed E-state index contributed by atoms with van der Waals surface area (Å²) in [6.07, 6.45) is 3.70. The maximum absolute atomic E-state index is 12.8. The molecule has 6 nitrogen and oxygen atoms in total. The van der Waals surface area contributed by atoms with Crippen molar-refractivity contribution in [3.05, 3.63) is 63.1 Å². The van der Waals surface area contributed by atoms with E-state index in [0.29, 0.717) is 17.0 Å². The van der Waals surface area contributed by atoms with Crippen molar-refractivity contribution < 1.29 is 19.4 Å². The highest BCUT2D eigenvalue weighted by atomic mass is 35.5. The van der Waals surface area contributed by atoms with E-state index >= 15 is 0 Å². The van der Waals surface area contributed by atoms with E-state index in [9.17, 15) is 14.7 Å². The number of amides is 1. The van der Waals surface area contributed by atoms with Crippen molar-refractivity contribution >= 4 is 47.5 Å². The molecule has 3 N–H and O–H groups in total. The van der Waals surface area contributed by atoms with Crippen LogP contribution < -0.4 is 10.6 Å². The lowest BCUT2D eigenvalue weighted by Crippen LogP contribution is -2.43. The monoisotopic (exact) mass is 502 g/mol. The number of halogens is 3. The smallest absolute Gasteiger partial charge is 0.328 e. The number of unbranched alkanes of at least 4 members (excludes halogenated alkanes) is 2. The van der Waals surface area contributed by atoms with Crippen LogP contribution in [0.4, 0.5) is 0 Å². The van der Waals surface area contributed by atoms with Gasteiger partial charge in [0.15, 0.2) is 0 Å². The van der Waals surface area contributed by atoms with E-state index in [2.05, 4.69) is 10.6 Å². The van der Waals surface area contributed by atoms with E-state index in [0.717, 1.165) is 31.4 Å². The van der Waals surface area contributed by atoms with Crippen molar-refractivity contribution in [2.24, 2.45) is 0 Å². The van der Waals surface area contributed by atoms with Crippen LogP contribution in [0, 0.1) is 0 Å². The first-order chi connectivity index (χ1) is 14.9. The number of esters is 1. The van der Waals surface area contributed by atoms with E-state index in [1.807, 2.05) is 37.4 Å². The number of methoxy groups -OCH3 is 1. The molecule has 0 aliphatic heterocycles. The van der Waals surface area contributed by atoms with Crippen LogP contribution >= 0.6 is 35.6 Å². The topological polar surface area (TPSA) is 87.7 Å². The van der Waals surface area contributed by atoms with Gasteiger partial charge in [-0.1, -0.05) is 60.0 Å². The Kier molecular flexibility index (Phi) is 12.5. The first-order valence-corrected chi connectivity index (χ1v) is 10.9. The largest absolute Gasteiger partial charge is 0.506 e. The van der Waals surface area contributed by atoms with Gasteiger partial charge in [-0.3, -0.25) is 4.79 Å². The zero-order chi connectivity index (χ0) is 22.8. The lowest BCUT2D eigenvalue weighted by atomic mass is 10.0. The average Bonchev–Trinajstić information content (AvgIpc) is 2.77. The highest BCUT2D eigenvalue weighted by Gasteiger charge is 2.26. The number of rotatable bonds is 11. The van der Waals surface area contributed by atoms with Gasteiger partial charge in [-0.2, -0.15) is 0 Å². The average molecular weight is 504 g/mol. The highest BCUT2D eigenvalue weighted by Crippen LogP contribution is 2.37. The molecule has 9 heteroatoms. The number of nitrogens with one attached hydrogen (secondary N) is 2. The highest BCUT2D eigenvalue weighted by molar-refractivity contribution is 6.37. The van der Waals surface area contributed by atoms with Gasteiger partial charge in [-0.15, -0.1) is 12.4 Å². The van der Waals surface area contributed by atoms with E-state index in [-0.39, 0.29) is 35.2 Å². The molecule has 2 aromatic rings. The Morgan fingerprint density at radius 3 is 2.44 bits per heavy atom. The van der Waals surface area contributed by atoms with E-state index in [4.69, 9.17) is 27.9 Å². The normalized spacial score (nSPS) is 11.4. The van der Waals surface area contributed by atoms with E-state index < -0.39 is 17.9 Å². The molecule has 0 unspecified atom stereocenters. The van der Waals surface area contributed by atoms with Gasteiger partial charge < -0.3 is 20.5 Å². The van der Waals surface area contributed by atoms with Crippen LogP contribution in [0.15, 0.2) is 36.4 Å². The molecule has 2 rings (SSSR count). The molecule has 176 valence electrons. The maximum Gasteiger partial charge on any atom is 0.328 e. The number of benzene rings is 2. The zero-order valence-corrected chi connectivity index (χ0v) is 20.4. The number of phenols is 1. The number of phenolic OH excluding ortho intramolecular Hbond substituents is 1. The Hall–Kier alpha value is -1.99. The Morgan fingerprint density at radius 2 is 1.81 bits per heavy atom. The molecular weight excluding hydrogens is 475 g/mol. The number of carbonyl (C=O) groups is 2. The molecule has 0 aliphatic rings. The second-order valence-electron chi connectivity index (χ2n) is 7.20. The quantitative estimate of drug-likeness (QED) is 0.309. The molecule has 0 bridgehead atoms. The lowest BCUT2D eigenvalue weighted by molar-refractivity contribution is -0.142. The molecule has 0 fully saturated rings. The molecule has 0 aromatic heterocycles. The summed E-state index contributed by atoms with van der Waals surface area (Å²) in [7, 11) is 3.16.